The first-order valence-corrected chi connectivity index (χ1v) is 8.87. The lowest BCUT2D eigenvalue weighted by Crippen LogP contribution is -2.31. The summed E-state index contributed by atoms with van der Waals surface area (Å²) in [6.07, 6.45) is -1.02. The Kier molecular flexibility index (Phi) is 6.25. The van der Waals surface area contributed by atoms with Crippen LogP contribution >= 0.6 is 0 Å². The molecule has 0 aliphatic rings. The van der Waals surface area contributed by atoms with E-state index in [1.165, 1.54) is 26.4 Å². The Morgan fingerprint density at radius 2 is 1.86 bits per heavy atom. The Morgan fingerprint density at radius 1 is 1.10 bits per heavy atom. The molecule has 0 fully saturated rings. The fraction of sp³-hybridized carbons (Fsp3) is 0.190. The highest BCUT2D eigenvalue weighted by atomic mass is 16.5. The minimum absolute atomic E-state index is 0.0539. The molecule has 1 aromatic heterocycles. The first-order chi connectivity index (χ1) is 14.0. The van der Waals surface area contributed by atoms with Gasteiger partial charge in [0.05, 0.1) is 19.9 Å². The van der Waals surface area contributed by atoms with Gasteiger partial charge in [-0.3, -0.25) is 9.59 Å². The molecule has 0 spiro atoms. The van der Waals surface area contributed by atoms with Crippen molar-refractivity contribution in [2.45, 2.75) is 6.10 Å². The quantitative estimate of drug-likeness (QED) is 0.631. The van der Waals surface area contributed by atoms with Crippen molar-refractivity contribution in [3.05, 3.63) is 82.3 Å². The first kappa shape index (κ1) is 20.1. The molecule has 0 saturated heterocycles. The van der Waals surface area contributed by atoms with Gasteiger partial charge in [0.15, 0.2) is 0 Å². The van der Waals surface area contributed by atoms with Crippen molar-refractivity contribution in [2.24, 2.45) is 0 Å². The van der Waals surface area contributed by atoms with Gasteiger partial charge < -0.3 is 19.9 Å². The van der Waals surface area contributed by atoms with Gasteiger partial charge in [0.2, 0.25) is 0 Å². The Morgan fingerprint density at radius 3 is 2.55 bits per heavy atom. The number of methoxy groups -OCH3 is 2. The van der Waals surface area contributed by atoms with E-state index in [0.29, 0.717) is 22.7 Å². The maximum atomic E-state index is 12.5. The van der Waals surface area contributed by atoms with Gasteiger partial charge in [0.1, 0.15) is 23.3 Å². The van der Waals surface area contributed by atoms with Crippen LogP contribution in [-0.2, 0) is 0 Å². The number of aliphatic hydroxyl groups is 1. The molecule has 0 aliphatic heterocycles. The Hall–Kier alpha value is -3.65. The molecule has 1 amide bonds. The zero-order valence-corrected chi connectivity index (χ0v) is 16.0. The van der Waals surface area contributed by atoms with E-state index in [2.05, 4.69) is 10.4 Å². The van der Waals surface area contributed by atoms with Crippen LogP contribution in [-0.4, -0.2) is 41.6 Å². The summed E-state index contributed by atoms with van der Waals surface area (Å²) in [6, 6.07) is 16.4. The molecule has 0 radical (unpaired) electrons. The smallest absolute Gasteiger partial charge is 0.271 e. The molecular formula is C21H21N3O5. The number of hydrogen-bond acceptors (Lipinski definition) is 6. The molecule has 0 saturated carbocycles. The molecule has 1 atom stereocenters. The second-order valence-corrected chi connectivity index (χ2v) is 6.14. The minimum atomic E-state index is -1.02. The first-order valence-electron chi connectivity index (χ1n) is 8.87. The third kappa shape index (κ3) is 4.61. The number of para-hydroxylation sites is 1. The summed E-state index contributed by atoms with van der Waals surface area (Å²) in [4.78, 5) is 24.6. The molecule has 3 aromatic rings. The molecule has 2 aromatic carbocycles. The zero-order chi connectivity index (χ0) is 20.8. The molecule has 1 heterocycles. The second-order valence-electron chi connectivity index (χ2n) is 6.14. The van der Waals surface area contributed by atoms with E-state index >= 15 is 0 Å². The molecule has 0 bridgehead atoms. The number of aliphatic hydroxyl groups excluding tert-OH is 1. The fourth-order valence-corrected chi connectivity index (χ4v) is 2.78. The van der Waals surface area contributed by atoms with E-state index in [0.717, 1.165) is 4.68 Å². The highest BCUT2D eigenvalue weighted by Gasteiger charge is 2.17. The number of nitrogens with zero attached hydrogens (tertiary/aromatic N) is 2. The molecule has 2 N–H and O–H groups in total. The average molecular weight is 395 g/mol. The van der Waals surface area contributed by atoms with E-state index < -0.39 is 12.0 Å². The Balaban J connectivity index is 1.75. The number of carbonyl (C=O) groups is 1. The summed E-state index contributed by atoms with van der Waals surface area (Å²) in [6.45, 7) is -0.0749. The number of aromatic nitrogens is 2. The molecule has 1 unspecified atom stereocenters. The molecule has 8 nitrogen and oxygen atoms in total. The standard InChI is InChI=1S/C21H21N3O5/c1-28-15-8-10-19(29-2)16(12-15)18(25)13-22-21(27)17-9-11-20(26)24(23-17)14-6-4-3-5-7-14/h3-12,18,25H,13H2,1-2H3,(H,22,27). The lowest BCUT2D eigenvalue weighted by molar-refractivity contribution is 0.0908. The maximum Gasteiger partial charge on any atom is 0.271 e. The third-order valence-electron chi connectivity index (χ3n) is 4.29. The lowest BCUT2D eigenvalue weighted by Gasteiger charge is -2.16. The lowest BCUT2D eigenvalue weighted by atomic mass is 10.1. The monoisotopic (exact) mass is 395 g/mol. The van der Waals surface area contributed by atoms with Crippen molar-refractivity contribution < 1.29 is 19.4 Å². The molecule has 0 aliphatic carbocycles. The van der Waals surface area contributed by atoms with Crippen molar-refractivity contribution >= 4 is 5.91 Å². The number of rotatable bonds is 7. The molecule has 8 heteroatoms. The van der Waals surface area contributed by atoms with Crippen LogP contribution in [0.3, 0.4) is 0 Å². The summed E-state index contributed by atoms with van der Waals surface area (Å²) in [5, 5.41) is 17.2. The van der Waals surface area contributed by atoms with Gasteiger partial charge >= 0.3 is 0 Å². The fourth-order valence-electron chi connectivity index (χ4n) is 2.78. The summed E-state index contributed by atoms with van der Waals surface area (Å²) in [5.41, 5.74) is 0.731. The van der Waals surface area contributed by atoms with Gasteiger partial charge in [-0.1, -0.05) is 18.2 Å². The van der Waals surface area contributed by atoms with Gasteiger partial charge in [-0.25, -0.2) is 0 Å². The highest BCUT2D eigenvalue weighted by molar-refractivity contribution is 5.92. The summed E-state index contributed by atoms with van der Waals surface area (Å²) in [7, 11) is 3.01. The number of amides is 1. The maximum absolute atomic E-state index is 12.5. The van der Waals surface area contributed by atoms with Crippen LogP contribution < -0.4 is 20.3 Å². The third-order valence-corrected chi connectivity index (χ3v) is 4.29. The van der Waals surface area contributed by atoms with Gasteiger partial charge in [-0.05, 0) is 36.4 Å². The van der Waals surface area contributed by atoms with Crippen LogP contribution in [0.25, 0.3) is 5.69 Å². The van der Waals surface area contributed by atoms with Gasteiger partial charge in [-0.2, -0.15) is 9.78 Å². The van der Waals surface area contributed by atoms with Crippen LogP contribution in [0.15, 0.2) is 65.5 Å². The van der Waals surface area contributed by atoms with E-state index in [1.54, 1.807) is 42.5 Å². The molecular weight excluding hydrogens is 374 g/mol. The van der Waals surface area contributed by atoms with Crippen LogP contribution in [0.1, 0.15) is 22.2 Å². The Labute approximate surface area is 167 Å². The van der Waals surface area contributed by atoms with Crippen LogP contribution in [0.4, 0.5) is 0 Å². The van der Waals surface area contributed by atoms with Crippen molar-refractivity contribution in [2.75, 3.05) is 20.8 Å². The van der Waals surface area contributed by atoms with Crippen molar-refractivity contribution in [3.63, 3.8) is 0 Å². The molecule has 150 valence electrons. The van der Waals surface area contributed by atoms with Crippen LogP contribution in [0.5, 0.6) is 11.5 Å². The molecule has 3 rings (SSSR count). The SMILES string of the molecule is COc1ccc(OC)c(C(O)CNC(=O)c2ccc(=O)n(-c3ccccc3)n2)c1. The summed E-state index contributed by atoms with van der Waals surface area (Å²) >= 11 is 0. The summed E-state index contributed by atoms with van der Waals surface area (Å²) < 4.78 is 11.6. The van der Waals surface area contributed by atoms with Gasteiger partial charge in [0, 0.05) is 18.2 Å². The number of ether oxygens (including phenoxy) is 2. The normalized spacial score (nSPS) is 11.6. The van der Waals surface area contributed by atoms with E-state index in [4.69, 9.17) is 9.47 Å². The van der Waals surface area contributed by atoms with E-state index in [1.807, 2.05) is 6.07 Å². The van der Waals surface area contributed by atoms with Crippen LogP contribution in [0.2, 0.25) is 0 Å². The predicted molar refractivity (Wildman–Crippen MR) is 107 cm³/mol. The second kappa shape index (κ2) is 9.03. The zero-order valence-electron chi connectivity index (χ0n) is 16.0. The highest BCUT2D eigenvalue weighted by Crippen LogP contribution is 2.29. The molecule has 29 heavy (non-hydrogen) atoms. The number of benzene rings is 2. The van der Waals surface area contributed by atoms with Crippen molar-refractivity contribution in [1.29, 1.82) is 0 Å². The average Bonchev–Trinajstić information content (AvgIpc) is 2.77. The Bertz CT molecular complexity index is 1050. The minimum Gasteiger partial charge on any atom is -0.497 e. The largest absolute Gasteiger partial charge is 0.497 e. The van der Waals surface area contributed by atoms with Crippen molar-refractivity contribution in [1.82, 2.24) is 15.1 Å². The van der Waals surface area contributed by atoms with E-state index in [9.17, 15) is 14.7 Å². The number of hydrogen-bond donors (Lipinski definition) is 2. The van der Waals surface area contributed by atoms with Crippen molar-refractivity contribution in [3.8, 4) is 17.2 Å². The number of carbonyl (C=O) groups excluding carboxylic acids is 1. The van der Waals surface area contributed by atoms with Gasteiger partial charge in [-0.15, -0.1) is 0 Å². The van der Waals surface area contributed by atoms with E-state index in [-0.39, 0.29) is 17.8 Å². The topological polar surface area (TPSA) is 103 Å². The van der Waals surface area contributed by atoms with Gasteiger partial charge in [0.25, 0.3) is 11.5 Å². The number of nitrogens with one attached hydrogen (secondary N) is 1. The summed E-state index contributed by atoms with van der Waals surface area (Å²) in [5.74, 6) is 0.515. The van der Waals surface area contributed by atoms with Crippen LogP contribution in [0, 0.1) is 0 Å². The predicted octanol–water partition coefficient (Wildman–Crippen LogP) is 1.71.